The fraction of sp³-hybridized carbons (Fsp3) is 0.800. The summed E-state index contributed by atoms with van der Waals surface area (Å²) >= 11 is 0. The van der Waals surface area contributed by atoms with Crippen molar-refractivity contribution in [3.05, 3.63) is 0 Å². The normalized spacial score (nSPS) is 24.9. The molecule has 0 spiro atoms. The molecule has 1 amide bonds. The van der Waals surface area contributed by atoms with Gasteiger partial charge in [0.1, 0.15) is 0 Å². The van der Waals surface area contributed by atoms with Crippen LogP contribution in [-0.2, 0) is 14.3 Å². The average molecular weight is 214 g/mol. The lowest BCUT2D eigenvalue weighted by Crippen LogP contribution is -2.51. The molecule has 15 heavy (non-hydrogen) atoms. The van der Waals surface area contributed by atoms with Gasteiger partial charge in [-0.2, -0.15) is 0 Å². The molecule has 2 N–H and O–H groups in total. The standard InChI is InChI=1S/C10H18N2O3/c1-10(5-3-6-12-10)9(14)11-7-4-8(13)15-2/h12H,3-7H2,1-2H3,(H,11,14). The highest BCUT2D eigenvalue weighted by atomic mass is 16.5. The van der Waals surface area contributed by atoms with Crippen LogP contribution >= 0.6 is 0 Å². The summed E-state index contributed by atoms with van der Waals surface area (Å²) in [6.45, 7) is 3.09. The van der Waals surface area contributed by atoms with Crippen molar-refractivity contribution in [1.29, 1.82) is 0 Å². The third-order valence-corrected chi connectivity index (χ3v) is 2.71. The molecule has 1 aliphatic rings. The van der Waals surface area contributed by atoms with Gasteiger partial charge >= 0.3 is 5.97 Å². The van der Waals surface area contributed by atoms with E-state index in [2.05, 4.69) is 15.4 Å². The number of ether oxygens (including phenoxy) is 1. The van der Waals surface area contributed by atoms with Gasteiger partial charge in [-0.15, -0.1) is 0 Å². The molecule has 1 heterocycles. The molecule has 86 valence electrons. The number of hydrogen-bond donors (Lipinski definition) is 2. The number of carbonyl (C=O) groups excluding carboxylic acids is 2. The van der Waals surface area contributed by atoms with Crippen LogP contribution in [0.15, 0.2) is 0 Å². The van der Waals surface area contributed by atoms with Crippen LogP contribution in [0.3, 0.4) is 0 Å². The van der Waals surface area contributed by atoms with Crippen LogP contribution in [0.1, 0.15) is 26.2 Å². The van der Waals surface area contributed by atoms with E-state index in [1.165, 1.54) is 7.11 Å². The van der Waals surface area contributed by atoms with Gasteiger partial charge in [0, 0.05) is 6.54 Å². The number of methoxy groups -OCH3 is 1. The van der Waals surface area contributed by atoms with Crippen LogP contribution in [0, 0.1) is 0 Å². The minimum atomic E-state index is -0.462. The minimum Gasteiger partial charge on any atom is -0.469 e. The Labute approximate surface area is 89.6 Å². The molecular formula is C10H18N2O3. The molecule has 1 atom stereocenters. The zero-order valence-electron chi connectivity index (χ0n) is 9.26. The molecule has 0 aromatic carbocycles. The molecule has 0 bridgehead atoms. The monoisotopic (exact) mass is 214 g/mol. The maximum atomic E-state index is 11.7. The lowest BCUT2D eigenvalue weighted by molar-refractivity contribution is -0.140. The zero-order chi connectivity index (χ0) is 11.3. The Morgan fingerprint density at radius 1 is 1.53 bits per heavy atom. The maximum Gasteiger partial charge on any atom is 0.307 e. The van der Waals surface area contributed by atoms with Crippen molar-refractivity contribution >= 4 is 11.9 Å². The predicted molar refractivity (Wildman–Crippen MR) is 55.3 cm³/mol. The summed E-state index contributed by atoms with van der Waals surface area (Å²) in [4.78, 5) is 22.5. The molecular weight excluding hydrogens is 196 g/mol. The summed E-state index contributed by atoms with van der Waals surface area (Å²) in [6, 6.07) is 0. The molecule has 1 fully saturated rings. The molecule has 5 heteroatoms. The van der Waals surface area contributed by atoms with Crippen molar-refractivity contribution in [2.75, 3.05) is 20.2 Å². The Kier molecular flexibility index (Phi) is 4.08. The molecule has 1 rings (SSSR count). The van der Waals surface area contributed by atoms with Crippen LogP contribution < -0.4 is 10.6 Å². The minimum absolute atomic E-state index is 0.0381. The van der Waals surface area contributed by atoms with E-state index < -0.39 is 5.54 Å². The molecule has 5 nitrogen and oxygen atoms in total. The first-order valence-corrected chi connectivity index (χ1v) is 5.18. The Balaban J connectivity index is 2.26. The van der Waals surface area contributed by atoms with Crippen LogP contribution in [-0.4, -0.2) is 37.6 Å². The molecule has 0 saturated carbocycles. The van der Waals surface area contributed by atoms with Gasteiger partial charge in [0.05, 0.1) is 19.1 Å². The van der Waals surface area contributed by atoms with Crippen molar-refractivity contribution in [1.82, 2.24) is 10.6 Å². The number of rotatable bonds is 4. The molecule has 1 saturated heterocycles. The third-order valence-electron chi connectivity index (χ3n) is 2.71. The quantitative estimate of drug-likeness (QED) is 0.636. The van der Waals surface area contributed by atoms with Gasteiger partial charge in [0.15, 0.2) is 0 Å². The summed E-state index contributed by atoms with van der Waals surface area (Å²) in [6.07, 6.45) is 2.08. The van der Waals surface area contributed by atoms with Gasteiger partial charge in [-0.1, -0.05) is 0 Å². The van der Waals surface area contributed by atoms with E-state index in [4.69, 9.17) is 0 Å². The smallest absolute Gasteiger partial charge is 0.307 e. The summed E-state index contributed by atoms with van der Waals surface area (Å²) < 4.78 is 4.48. The van der Waals surface area contributed by atoms with Crippen molar-refractivity contribution in [3.8, 4) is 0 Å². The summed E-state index contributed by atoms with van der Waals surface area (Å²) in [7, 11) is 1.34. The SMILES string of the molecule is COC(=O)CCNC(=O)C1(C)CCCN1. The highest BCUT2D eigenvalue weighted by Gasteiger charge is 2.35. The van der Waals surface area contributed by atoms with Gasteiger partial charge in [-0.3, -0.25) is 9.59 Å². The number of esters is 1. The third kappa shape index (κ3) is 3.20. The van der Waals surface area contributed by atoms with E-state index in [1.54, 1.807) is 0 Å². The van der Waals surface area contributed by atoms with Crippen LogP contribution in [0.5, 0.6) is 0 Å². The van der Waals surface area contributed by atoms with E-state index >= 15 is 0 Å². The van der Waals surface area contributed by atoms with E-state index in [9.17, 15) is 9.59 Å². The zero-order valence-corrected chi connectivity index (χ0v) is 9.26. The fourth-order valence-electron chi connectivity index (χ4n) is 1.66. The first kappa shape index (κ1) is 12.0. The second kappa shape index (κ2) is 5.11. The summed E-state index contributed by atoms with van der Waals surface area (Å²) in [5.74, 6) is -0.344. The first-order chi connectivity index (χ1) is 7.08. The van der Waals surface area contributed by atoms with Crippen molar-refractivity contribution in [2.45, 2.75) is 31.7 Å². The van der Waals surface area contributed by atoms with Gasteiger partial charge in [-0.05, 0) is 26.3 Å². The second-order valence-corrected chi connectivity index (χ2v) is 3.94. The number of nitrogens with one attached hydrogen (secondary N) is 2. The Morgan fingerprint density at radius 2 is 2.27 bits per heavy atom. The Morgan fingerprint density at radius 3 is 2.80 bits per heavy atom. The molecule has 0 aliphatic carbocycles. The molecule has 0 radical (unpaired) electrons. The van der Waals surface area contributed by atoms with Crippen LogP contribution in [0.4, 0.5) is 0 Å². The van der Waals surface area contributed by atoms with E-state index in [-0.39, 0.29) is 18.3 Å². The topological polar surface area (TPSA) is 67.4 Å². The molecule has 1 aliphatic heterocycles. The largest absolute Gasteiger partial charge is 0.469 e. The molecule has 0 aromatic heterocycles. The van der Waals surface area contributed by atoms with Gasteiger partial charge < -0.3 is 15.4 Å². The van der Waals surface area contributed by atoms with Crippen molar-refractivity contribution in [2.24, 2.45) is 0 Å². The lowest BCUT2D eigenvalue weighted by atomic mass is 9.99. The highest BCUT2D eigenvalue weighted by molar-refractivity contribution is 5.86. The van der Waals surface area contributed by atoms with E-state index in [0.29, 0.717) is 6.54 Å². The van der Waals surface area contributed by atoms with Gasteiger partial charge in [0.2, 0.25) is 5.91 Å². The first-order valence-electron chi connectivity index (χ1n) is 5.18. The highest BCUT2D eigenvalue weighted by Crippen LogP contribution is 2.18. The number of carbonyl (C=O) groups is 2. The molecule has 0 aromatic rings. The lowest BCUT2D eigenvalue weighted by Gasteiger charge is -2.22. The fourth-order valence-corrected chi connectivity index (χ4v) is 1.66. The van der Waals surface area contributed by atoms with Crippen LogP contribution in [0.25, 0.3) is 0 Å². The molecule has 1 unspecified atom stereocenters. The van der Waals surface area contributed by atoms with Crippen LogP contribution in [0.2, 0.25) is 0 Å². The van der Waals surface area contributed by atoms with Crippen molar-refractivity contribution < 1.29 is 14.3 Å². The van der Waals surface area contributed by atoms with Gasteiger partial charge in [0.25, 0.3) is 0 Å². The number of hydrogen-bond acceptors (Lipinski definition) is 4. The number of amides is 1. The van der Waals surface area contributed by atoms with Gasteiger partial charge in [-0.25, -0.2) is 0 Å². The Bertz CT molecular complexity index is 247. The predicted octanol–water partition coefficient (Wildman–Crippen LogP) is -0.192. The summed E-state index contributed by atoms with van der Waals surface area (Å²) in [5.41, 5.74) is -0.462. The van der Waals surface area contributed by atoms with Crippen molar-refractivity contribution in [3.63, 3.8) is 0 Å². The maximum absolute atomic E-state index is 11.7. The van der Waals surface area contributed by atoms with E-state index in [1.807, 2.05) is 6.92 Å². The average Bonchev–Trinajstić information content (AvgIpc) is 2.66. The van der Waals surface area contributed by atoms with E-state index in [0.717, 1.165) is 19.4 Å². The Hall–Kier alpha value is -1.10. The second-order valence-electron chi connectivity index (χ2n) is 3.94. The summed E-state index contributed by atoms with van der Waals surface area (Å²) in [5, 5.41) is 5.88.